The van der Waals surface area contributed by atoms with Crippen LogP contribution in [0, 0.1) is 12.7 Å². The number of aromatic nitrogens is 7. The first-order valence-electron chi connectivity index (χ1n) is 16.1. The molecular weight excluding hydrogens is 627 g/mol. The van der Waals surface area contributed by atoms with Gasteiger partial charge in [0.2, 0.25) is 5.91 Å². The highest BCUT2D eigenvalue weighted by Crippen LogP contribution is 2.35. The fraction of sp³-hybridized carbons (Fsp3) is 0.314. The van der Waals surface area contributed by atoms with Crippen molar-refractivity contribution in [3.8, 4) is 22.7 Å². The quantitative estimate of drug-likeness (QED) is 0.293. The Morgan fingerprint density at radius 2 is 1.86 bits per heavy atom. The van der Waals surface area contributed by atoms with E-state index >= 15 is 0 Å². The van der Waals surface area contributed by atoms with Gasteiger partial charge in [0, 0.05) is 44.9 Å². The Balaban J connectivity index is 1.22. The van der Waals surface area contributed by atoms with Gasteiger partial charge in [0.25, 0.3) is 0 Å². The maximum atomic E-state index is 14.4. The molecule has 2 aliphatic heterocycles. The third-order valence-corrected chi connectivity index (χ3v) is 9.48. The Morgan fingerprint density at radius 1 is 1.00 bits per heavy atom. The third kappa shape index (κ3) is 5.28. The van der Waals surface area contributed by atoms with Gasteiger partial charge in [0.15, 0.2) is 5.65 Å². The van der Waals surface area contributed by atoms with Crippen molar-refractivity contribution in [1.82, 2.24) is 39.2 Å². The number of nitrogens with zero attached hydrogens (tertiary/aromatic N) is 9. The number of benzene rings is 2. The number of imidazole rings is 1. The fourth-order valence-electron chi connectivity index (χ4n) is 7.14. The number of nitrogens with one attached hydrogen (secondary N) is 1. The smallest absolute Gasteiger partial charge is 0.245 e. The first-order chi connectivity index (χ1) is 23.8. The minimum Gasteiger partial charge on any atom is -0.494 e. The van der Waals surface area contributed by atoms with Crippen LogP contribution in [0.1, 0.15) is 12.2 Å². The number of ether oxygens (including phenoxy) is 2. The second-order valence-electron chi connectivity index (χ2n) is 12.5. The molecule has 1 N–H and O–H groups in total. The van der Waals surface area contributed by atoms with Gasteiger partial charge < -0.3 is 29.2 Å². The molecule has 0 aliphatic carbocycles. The molecule has 6 heterocycles. The van der Waals surface area contributed by atoms with Crippen LogP contribution in [0.5, 0.6) is 5.75 Å². The van der Waals surface area contributed by atoms with Crippen molar-refractivity contribution >= 4 is 39.6 Å². The first-order valence-corrected chi connectivity index (χ1v) is 16.1. The zero-order chi connectivity index (χ0) is 33.8. The van der Waals surface area contributed by atoms with E-state index < -0.39 is 11.9 Å². The number of methoxy groups -OCH3 is 2. The summed E-state index contributed by atoms with van der Waals surface area (Å²) in [6.45, 7) is 3.33. The number of rotatable bonds is 4. The number of anilines is 2. The van der Waals surface area contributed by atoms with Crippen LogP contribution in [0.3, 0.4) is 0 Å². The van der Waals surface area contributed by atoms with E-state index in [4.69, 9.17) is 19.4 Å². The van der Waals surface area contributed by atoms with E-state index in [1.807, 2.05) is 49.2 Å². The summed E-state index contributed by atoms with van der Waals surface area (Å²) in [6, 6.07) is 15.6. The predicted molar refractivity (Wildman–Crippen MR) is 182 cm³/mol. The van der Waals surface area contributed by atoms with Gasteiger partial charge in [-0.25, -0.2) is 29.0 Å². The van der Waals surface area contributed by atoms with Gasteiger partial charge in [-0.1, -0.05) is 18.2 Å². The number of aryl methyl sites for hydroxylation is 1. The van der Waals surface area contributed by atoms with Gasteiger partial charge >= 0.3 is 0 Å². The van der Waals surface area contributed by atoms with Crippen molar-refractivity contribution in [2.75, 3.05) is 44.6 Å². The molecule has 2 aliphatic rings. The van der Waals surface area contributed by atoms with Crippen LogP contribution in [0.25, 0.3) is 39.0 Å². The van der Waals surface area contributed by atoms with Crippen LogP contribution >= 0.6 is 0 Å². The lowest BCUT2D eigenvalue weighted by Crippen LogP contribution is -2.47. The van der Waals surface area contributed by atoms with E-state index in [2.05, 4.69) is 31.0 Å². The summed E-state index contributed by atoms with van der Waals surface area (Å²) in [7, 11) is 4.96. The molecule has 2 aromatic carbocycles. The van der Waals surface area contributed by atoms with E-state index in [-0.39, 0.29) is 18.1 Å². The molecule has 49 heavy (non-hydrogen) atoms. The van der Waals surface area contributed by atoms with Crippen molar-refractivity contribution in [3.05, 3.63) is 78.8 Å². The lowest BCUT2D eigenvalue weighted by molar-refractivity contribution is -0.132. The minimum absolute atomic E-state index is 0.0600. The monoisotopic (exact) mass is 662 g/mol. The van der Waals surface area contributed by atoms with Crippen molar-refractivity contribution in [1.29, 1.82) is 0 Å². The van der Waals surface area contributed by atoms with Gasteiger partial charge in [-0.3, -0.25) is 4.79 Å². The molecule has 0 saturated carbocycles. The second-order valence-corrected chi connectivity index (χ2v) is 12.5. The summed E-state index contributed by atoms with van der Waals surface area (Å²) in [5.41, 5.74) is 4.69. The zero-order valence-electron chi connectivity index (χ0n) is 27.5. The molecule has 6 aromatic rings. The van der Waals surface area contributed by atoms with Gasteiger partial charge in [-0.05, 0) is 43.7 Å². The Morgan fingerprint density at radius 3 is 2.69 bits per heavy atom. The van der Waals surface area contributed by atoms with Gasteiger partial charge in [0.1, 0.15) is 47.1 Å². The highest BCUT2D eigenvalue weighted by Gasteiger charge is 2.41. The molecule has 13 nitrogen and oxygen atoms in total. The standard InChI is InChI=1S/C35H35FN10O3/c1-20-40-27-9-5-7-24-26-8-6-10-31(42-26)41-22-14-29(35(47)43(2)17-23(48-3)18-44(20)32(24)27)45(16-22)33-25-15-39-46(34(25)38-19-37-33)28-12-11-21(36)13-30(28)49-4/h5-13,15,19,22-23,29H,14,16-18H2,1-4H3,(H,41,42)/t22-,23+,29-/m0/s1. The van der Waals surface area contributed by atoms with Gasteiger partial charge in [-0.15, -0.1) is 0 Å². The number of hydrogen-bond donors (Lipinski definition) is 1. The Bertz CT molecular complexity index is 2220. The average molecular weight is 663 g/mol. The highest BCUT2D eigenvalue weighted by atomic mass is 19.1. The number of carbonyl (C=O) groups is 1. The normalized spacial score (nSPS) is 19.6. The van der Waals surface area contributed by atoms with E-state index in [1.165, 1.54) is 25.6 Å². The maximum Gasteiger partial charge on any atom is 0.245 e. The topological polar surface area (TPSA) is 128 Å². The molecule has 1 fully saturated rings. The van der Waals surface area contributed by atoms with E-state index in [0.717, 1.165) is 28.1 Å². The van der Waals surface area contributed by atoms with Gasteiger partial charge in [-0.2, -0.15) is 5.10 Å². The first kappa shape index (κ1) is 30.7. The van der Waals surface area contributed by atoms with Crippen molar-refractivity contribution in [2.45, 2.75) is 38.1 Å². The fourth-order valence-corrected chi connectivity index (χ4v) is 7.14. The summed E-state index contributed by atoms with van der Waals surface area (Å²) < 4.78 is 29.2. The molecular formula is C35H35FN10O3. The maximum absolute atomic E-state index is 14.4. The molecule has 4 aromatic heterocycles. The summed E-state index contributed by atoms with van der Waals surface area (Å²) in [5, 5.41) is 8.85. The number of halogens is 1. The third-order valence-electron chi connectivity index (χ3n) is 9.48. The predicted octanol–water partition coefficient (Wildman–Crippen LogP) is 4.23. The van der Waals surface area contributed by atoms with Gasteiger partial charge in [0.05, 0.1) is 48.1 Å². The number of amides is 1. The molecule has 0 spiro atoms. The summed E-state index contributed by atoms with van der Waals surface area (Å²) >= 11 is 0. The highest BCUT2D eigenvalue weighted by molar-refractivity contribution is 5.94. The van der Waals surface area contributed by atoms with Crippen LogP contribution in [-0.2, 0) is 16.1 Å². The number of likely N-dealkylation sites (N-methyl/N-ethyl adjacent to an activating group) is 1. The molecule has 3 atom stereocenters. The minimum atomic E-state index is -0.547. The lowest BCUT2D eigenvalue weighted by Gasteiger charge is -2.30. The number of hydrogen-bond acceptors (Lipinski definition) is 10. The zero-order valence-corrected chi connectivity index (χ0v) is 27.5. The van der Waals surface area contributed by atoms with Crippen molar-refractivity contribution in [2.24, 2.45) is 0 Å². The Labute approximate surface area is 281 Å². The second kappa shape index (κ2) is 12.1. The van der Waals surface area contributed by atoms with Crippen LogP contribution in [0.4, 0.5) is 16.0 Å². The number of carbonyl (C=O) groups excluding carboxylic acids is 1. The van der Waals surface area contributed by atoms with E-state index in [0.29, 0.717) is 60.2 Å². The summed E-state index contributed by atoms with van der Waals surface area (Å²) in [5.74, 6) is 1.97. The molecule has 0 radical (unpaired) electrons. The Kier molecular flexibility index (Phi) is 7.59. The SMILES string of the molecule is COc1cc(F)ccc1-n1ncc2c(N3C[C@@H]4C[C@H]3C(=O)N(C)C[C@@H](OC)Cn3c(C)nc5cccc(c53)-c3cccc(n3)N4)ncnc21. The van der Waals surface area contributed by atoms with E-state index in [9.17, 15) is 9.18 Å². The number of pyridine rings is 1. The van der Waals surface area contributed by atoms with Crippen LogP contribution < -0.4 is 15.0 Å². The number of para-hydroxylation sites is 1. The molecule has 14 heteroatoms. The van der Waals surface area contributed by atoms with Crippen molar-refractivity contribution < 1.29 is 18.7 Å². The van der Waals surface area contributed by atoms with Crippen LogP contribution in [0.15, 0.2) is 67.1 Å². The molecule has 250 valence electrons. The largest absolute Gasteiger partial charge is 0.494 e. The summed E-state index contributed by atoms with van der Waals surface area (Å²) in [4.78, 5) is 37.3. The molecule has 1 amide bonds. The summed E-state index contributed by atoms with van der Waals surface area (Å²) in [6.07, 6.45) is 3.34. The number of fused-ring (bicyclic) bond motifs is 6. The molecule has 4 bridgehead atoms. The van der Waals surface area contributed by atoms with E-state index in [1.54, 1.807) is 29.0 Å². The lowest BCUT2D eigenvalue weighted by atomic mass is 10.1. The molecule has 0 unspecified atom stereocenters. The molecule has 8 rings (SSSR count). The average Bonchev–Trinajstić information content (AvgIpc) is 3.82. The molecule has 1 saturated heterocycles. The Hall–Kier alpha value is -5.63. The van der Waals surface area contributed by atoms with Crippen LogP contribution in [-0.4, -0.2) is 97.6 Å². The van der Waals surface area contributed by atoms with Crippen molar-refractivity contribution in [3.63, 3.8) is 0 Å². The van der Waals surface area contributed by atoms with Crippen LogP contribution in [0.2, 0.25) is 0 Å².